The third kappa shape index (κ3) is 5.18. The number of alkyl halides is 3. The van der Waals surface area contributed by atoms with Gasteiger partial charge in [-0.15, -0.1) is 0 Å². The lowest BCUT2D eigenvalue weighted by Gasteiger charge is -2.50. The summed E-state index contributed by atoms with van der Waals surface area (Å²) in [7, 11) is 1.32. The van der Waals surface area contributed by atoms with Gasteiger partial charge in [0.2, 0.25) is 11.8 Å². The van der Waals surface area contributed by atoms with Crippen LogP contribution in [0.25, 0.3) is 0 Å². The molecular formula is C35H28Cl3F3N4O6. The van der Waals surface area contributed by atoms with Crippen molar-refractivity contribution in [3.05, 3.63) is 92.1 Å². The van der Waals surface area contributed by atoms with Gasteiger partial charge in [0.15, 0.2) is 17.3 Å². The molecule has 6 atom stereocenters. The molecule has 266 valence electrons. The van der Waals surface area contributed by atoms with Crippen LogP contribution in [0.2, 0.25) is 15.1 Å². The minimum Gasteiger partial charge on any atom is -0.503 e. The third-order valence-electron chi connectivity index (χ3n) is 10.6. The van der Waals surface area contributed by atoms with Gasteiger partial charge < -0.3 is 9.84 Å². The molecule has 3 fully saturated rings. The van der Waals surface area contributed by atoms with Gasteiger partial charge in [-0.25, -0.2) is 4.98 Å². The number of ether oxygens (including phenoxy) is 1. The molecule has 4 aliphatic rings. The lowest BCUT2D eigenvalue weighted by Crippen LogP contribution is -2.53. The van der Waals surface area contributed by atoms with Crippen LogP contribution in [-0.2, 0) is 30.8 Å². The van der Waals surface area contributed by atoms with Crippen molar-refractivity contribution < 1.29 is 42.2 Å². The molecule has 2 aliphatic carbocycles. The van der Waals surface area contributed by atoms with E-state index in [4.69, 9.17) is 39.5 Å². The number of benzene rings is 2. The molecule has 3 heterocycles. The molecule has 7 rings (SSSR count). The fourth-order valence-electron chi connectivity index (χ4n) is 8.45. The number of halogens is 6. The standard InChI is InChI=1S/C35H28Cl3F3N4O6/c1-3-44-30(47)20-9-8-19-21(26(20)32(44)49)13-22-31(48)45(43-29-24(38)12-17(14-42-29)35(39,40)41)33(50)34(22,16-4-6-18(36)7-5-16)27(19)15-10-23(37)28(46)25(11-15)51-2/h4-8,10-12,14,20-22,26-27,46H,3,9,13H2,1-2H3,(H,42,43)/t20-,21+,22-,26-,27-,34+/m0/s1. The van der Waals surface area contributed by atoms with Crippen molar-refractivity contribution in [2.75, 3.05) is 19.1 Å². The maximum absolute atomic E-state index is 15.2. The van der Waals surface area contributed by atoms with Gasteiger partial charge >= 0.3 is 6.18 Å². The zero-order valence-electron chi connectivity index (χ0n) is 26.8. The maximum atomic E-state index is 15.2. The second kappa shape index (κ2) is 12.4. The van der Waals surface area contributed by atoms with Crippen molar-refractivity contribution in [1.29, 1.82) is 0 Å². The van der Waals surface area contributed by atoms with Gasteiger partial charge in [0.25, 0.3) is 11.8 Å². The maximum Gasteiger partial charge on any atom is 0.417 e. The second-order valence-electron chi connectivity index (χ2n) is 12.9. The van der Waals surface area contributed by atoms with E-state index in [-0.39, 0.29) is 53.5 Å². The number of fused-ring (bicyclic) bond motifs is 4. The molecule has 16 heteroatoms. The lowest BCUT2D eigenvalue weighted by atomic mass is 9.49. The predicted octanol–water partition coefficient (Wildman–Crippen LogP) is 6.78. The summed E-state index contributed by atoms with van der Waals surface area (Å²) in [5.74, 6) is -7.44. The molecular weight excluding hydrogens is 736 g/mol. The number of hydrogen-bond acceptors (Lipinski definition) is 8. The Morgan fingerprint density at radius 1 is 1.00 bits per heavy atom. The highest BCUT2D eigenvalue weighted by Gasteiger charge is 2.70. The number of hydrogen-bond donors (Lipinski definition) is 2. The Morgan fingerprint density at radius 2 is 1.71 bits per heavy atom. The fourth-order valence-corrected chi connectivity index (χ4v) is 9.00. The summed E-state index contributed by atoms with van der Waals surface area (Å²) in [5.41, 5.74) is 1.01. The molecule has 0 unspecified atom stereocenters. The molecule has 10 nitrogen and oxygen atoms in total. The largest absolute Gasteiger partial charge is 0.503 e. The highest BCUT2D eigenvalue weighted by Crippen LogP contribution is 2.64. The summed E-state index contributed by atoms with van der Waals surface area (Å²) in [4.78, 5) is 62.1. The molecule has 2 aromatic carbocycles. The Balaban J connectivity index is 1.47. The minimum absolute atomic E-state index is 0.0199. The van der Waals surface area contributed by atoms with Crippen LogP contribution in [0.3, 0.4) is 0 Å². The first-order chi connectivity index (χ1) is 24.1. The Morgan fingerprint density at radius 3 is 2.33 bits per heavy atom. The van der Waals surface area contributed by atoms with Crippen LogP contribution in [0.1, 0.15) is 42.4 Å². The Labute approximate surface area is 304 Å². The van der Waals surface area contributed by atoms with Gasteiger partial charge in [-0.05, 0) is 67.1 Å². The van der Waals surface area contributed by atoms with Gasteiger partial charge in [0.1, 0.15) is 0 Å². The van der Waals surface area contributed by atoms with Gasteiger partial charge in [-0.2, -0.15) is 18.2 Å². The van der Waals surface area contributed by atoms with Crippen molar-refractivity contribution in [2.24, 2.45) is 23.7 Å². The number of pyridine rings is 1. The van der Waals surface area contributed by atoms with Crippen molar-refractivity contribution in [1.82, 2.24) is 14.9 Å². The monoisotopic (exact) mass is 762 g/mol. The van der Waals surface area contributed by atoms with E-state index in [1.165, 1.54) is 24.1 Å². The molecule has 0 bridgehead atoms. The lowest BCUT2D eigenvalue weighted by molar-refractivity contribution is -0.141. The van der Waals surface area contributed by atoms with Crippen molar-refractivity contribution in [3.8, 4) is 11.5 Å². The molecule has 3 aromatic rings. The number of carbonyl (C=O) groups excluding carboxylic acids is 4. The van der Waals surface area contributed by atoms with Gasteiger partial charge in [0.05, 0.1) is 45.9 Å². The molecule has 0 spiro atoms. The number of phenolic OH excluding ortho intramolecular Hbond substituents is 1. The second-order valence-corrected chi connectivity index (χ2v) is 14.1. The van der Waals surface area contributed by atoms with E-state index < -0.39 is 63.6 Å². The van der Waals surface area contributed by atoms with Gasteiger partial charge in [0, 0.05) is 23.7 Å². The summed E-state index contributed by atoms with van der Waals surface area (Å²) in [6.07, 6.45) is -2.24. The number of anilines is 1. The number of allylic oxidation sites excluding steroid dienone is 2. The zero-order valence-corrected chi connectivity index (χ0v) is 29.1. The van der Waals surface area contributed by atoms with Crippen LogP contribution in [0.5, 0.6) is 11.5 Å². The van der Waals surface area contributed by atoms with E-state index in [2.05, 4.69) is 10.4 Å². The van der Waals surface area contributed by atoms with Crippen LogP contribution in [-0.4, -0.2) is 57.3 Å². The molecule has 4 amide bonds. The Kier molecular flexibility index (Phi) is 8.54. The topological polar surface area (TPSA) is 129 Å². The zero-order chi connectivity index (χ0) is 36.7. The van der Waals surface area contributed by atoms with Crippen LogP contribution in [0.4, 0.5) is 19.0 Å². The molecule has 2 aliphatic heterocycles. The number of nitrogens with zero attached hydrogens (tertiary/aromatic N) is 3. The summed E-state index contributed by atoms with van der Waals surface area (Å²) >= 11 is 19.0. The van der Waals surface area contributed by atoms with E-state index in [0.29, 0.717) is 39.0 Å². The summed E-state index contributed by atoms with van der Waals surface area (Å²) in [6.45, 7) is 1.86. The molecule has 2 N–H and O–H groups in total. The van der Waals surface area contributed by atoms with E-state index in [1.54, 1.807) is 31.2 Å². The average molecular weight is 764 g/mol. The normalized spacial score (nSPS) is 27.3. The first-order valence-corrected chi connectivity index (χ1v) is 17.0. The van der Waals surface area contributed by atoms with Crippen LogP contribution in [0.15, 0.2) is 60.3 Å². The van der Waals surface area contributed by atoms with Crippen molar-refractivity contribution in [2.45, 2.75) is 37.3 Å². The number of nitrogens with one attached hydrogen (secondary N) is 1. The SMILES string of the molecule is CCN1C(=O)[C@H]2[C@H](CC=C3[C@H]2C[C@H]2C(=O)N(Nc4ncc(C(F)(F)F)cc4Cl)C(=O)[C@@]2(c2ccc(Cl)cc2)[C@H]3c2cc(Cl)c(O)c(OC)c2)C1=O. The van der Waals surface area contributed by atoms with E-state index >= 15 is 4.79 Å². The predicted molar refractivity (Wildman–Crippen MR) is 179 cm³/mol. The Bertz CT molecular complexity index is 2040. The van der Waals surface area contributed by atoms with E-state index in [1.807, 2.05) is 6.08 Å². The number of aromatic hydroxyl groups is 1. The molecule has 0 radical (unpaired) electrons. The number of carbonyl (C=O) groups is 4. The van der Waals surface area contributed by atoms with Gasteiger partial charge in [-0.1, -0.05) is 58.6 Å². The highest BCUT2D eigenvalue weighted by atomic mass is 35.5. The molecule has 1 saturated carbocycles. The Hall–Kier alpha value is -4.33. The minimum atomic E-state index is -4.75. The van der Waals surface area contributed by atoms with E-state index in [0.717, 1.165) is 0 Å². The first-order valence-electron chi connectivity index (χ1n) is 15.9. The van der Waals surface area contributed by atoms with Crippen molar-refractivity contribution in [3.63, 3.8) is 0 Å². The first kappa shape index (κ1) is 35.1. The quantitative estimate of drug-likeness (QED) is 0.208. The van der Waals surface area contributed by atoms with Crippen LogP contribution in [0, 0.1) is 23.7 Å². The number of methoxy groups -OCH3 is 1. The van der Waals surface area contributed by atoms with E-state index in [9.17, 15) is 32.7 Å². The summed E-state index contributed by atoms with van der Waals surface area (Å²) < 4.78 is 45.7. The summed E-state index contributed by atoms with van der Waals surface area (Å²) in [6, 6.07) is 9.90. The fraction of sp³-hybridized carbons (Fsp3) is 0.343. The number of imide groups is 2. The number of phenols is 1. The van der Waals surface area contributed by atoms with Crippen molar-refractivity contribution >= 4 is 64.2 Å². The number of aromatic nitrogens is 1. The highest BCUT2D eigenvalue weighted by molar-refractivity contribution is 6.33. The smallest absolute Gasteiger partial charge is 0.417 e. The van der Waals surface area contributed by atoms with Crippen LogP contribution < -0.4 is 10.2 Å². The number of amides is 4. The summed E-state index contributed by atoms with van der Waals surface area (Å²) in [5, 5.41) is 11.1. The average Bonchev–Trinajstić information content (AvgIpc) is 3.46. The molecule has 2 saturated heterocycles. The third-order valence-corrected chi connectivity index (χ3v) is 11.4. The number of rotatable bonds is 6. The molecule has 1 aromatic heterocycles. The van der Waals surface area contributed by atoms with Gasteiger partial charge in [-0.3, -0.25) is 29.5 Å². The number of hydrazine groups is 1. The molecule has 51 heavy (non-hydrogen) atoms. The van der Waals surface area contributed by atoms with Crippen LogP contribution >= 0.6 is 34.8 Å². The number of likely N-dealkylation sites (tertiary alicyclic amines) is 1.